The molecule has 0 aliphatic heterocycles. The highest BCUT2D eigenvalue weighted by Crippen LogP contribution is 2.55. The second-order valence-electron chi connectivity index (χ2n) is 8.19. The van der Waals surface area contributed by atoms with Crippen LogP contribution in [0.15, 0.2) is 73.2 Å². The molecule has 0 radical (unpaired) electrons. The zero-order chi connectivity index (χ0) is 25.2. The monoisotopic (exact) mass is 525 g/mol. The molecular formula is C23H15F4NO5S2. The van der Waals surface area contributed by atoms with Crippen molar-refractivity contribution in [2.75, 3.05) is 0 Å². The van der Waals surface area contributed by atoms with E-state index in [1.807, 2.05) is 0 Å². The third-order valence-corrected chi connectivity index (χ3v) is 9.13. The number of aliphatic hydroxyl groups is 1. The maximum absolute atomic E-state index is 13.6. The van der Waals surface area contributed by atoms with Gasteiger partial charge in [0.25, 0.3) is 0 Å². The van der Waals surface area contributed by atoms with Gasteiger partial charge in [0.2, 0.25) is 14.2 Å². The average Bonchev–Trinajstić information content (AvgIpc) is 3.53. The van der Waals surface area contributed by atoms with Crippen LogP contribution in [0.5, 0.6) is 0 Å². The molecule has 5 rings (SSSR count). The number of fused-ring (bicyclic) bond motifs is 1. The molecule has 1 aliphatic carbocycles. The fourth-order valence-corrected chi connectivity index (χ4v) is 6.56. The van der Waals surface area contributed by atoms with E-state index in [0.29, 0.717) is 10.9 Å². The van der Waals surface area contributed by atoms with Crippen molar-refractivity contribution < 1.29 is 35.5 Å². The van der Waals surface area contributed by atoms with Crippen molar-refractivity contribution in [2.24, 2.45) is 5.92 Å². The van der Waals surface area contributed by atoms with Crippen molar-refractivity contribution in [3.05, 3.63) is 75.8 Å². The Morgan fingerprint density at radius 3 is 2.37 bits per heavy atom. The van der Waals surface area contributed by atoms with Gasteiger partial charge in [0.1, 0.15) is 11.4 Å². The van der Waals surface area contributed by atoms with E-state index in [1.165, 1.54) is 42.5 Å². The third-order valence-electron chi connectivity index (χ3n) is 5.86. The summed E-state index contributed by atoms with van der Waals surface area (Å²) in [5.74, 6) is -1.53. The van der Waals surface area contributed by atoms with Gasteiger partial charge in [-0.2, -0.15) is 13.2 Å². The Morgan fingerprint density at radius 2 is 1.74 bits per heavy atom. The Hall–Kier alpha value is -3.09. The van der Waals surface area contributed by atoms with E-state index in [2.05, 4.69) is 4.98 Å². The molecule has 2 aromatic carbocycles. The highest BCUT2D eigenvalue weighted by molar-refractivity contribution is 7.93. The molecule has 0 amide bonds. The molecule has 0 spiro atoms. The van der Waals surface area contributed by atoms with Crippen molar-refractivity contribution in [1.82, 2.24) is 4.98 Å². The lowest BCUT2D eigenvalue weighted by Gasteiger charge is -2.29. The first-order valence-electron chi connectivity index (χ1n) is 10.3. The predicted molar refractivity (Wildman–Crippen MR) is 118 cm³/mol. The van der Waals surface area contributed by atoms with Crippen molar-refractivity contribution in [2.45, 2.75) is 33.9 Å². The van der Waals surface area contributed by atoms with Crippen LogP contribution in [0, 0.1) is 11.7 Å². The highest BCUT2D eigenvalue weighted by atomic mass is 32.2. The van der Waals surface area contributed by atoms with Gasteiger partial charge in [0, 0.05) is 23.6 Å². The van der Waals surface area contributed by atoms with Crippen molar-refractivity contribution >= 4 is 32.1 Å². The second-order valence-corrected chi connectivity index (χ2v) is 11.3. The average molecular weight is 526 g/mol. The highest BCUT2D eigenvalue weighted by Gasteiger charge is 2.64. The molecule has 0 saturated heterocycles. The number of hydrogen-bond acceptors (Lipinski definition) is 7. The fourth-order valence-electron chi connectivity index (χ4n) is 3.82. The number of rotatable bonds is 5. The molecule has 1 N–H and O–H groups in total. The standard InChI is InChI=1S/C23H15F4NO5S2/c24-15-6-1-12(2-7-15)17-9-13-3-8-16(10-18(13)33-20(17)29)35(31,32)21-28-11-19(34-21)22(30,14-4-5-14)23(25,26)27/h1-3,6-11,14,30H,4-5H2. The van der Waals surface area contributed by atoms with E-state index < -0.39 is 48.2 Å². The second kappa shape index (κ2) is 7.97. The first kappa shape index (κ1) is 23.6. The molecule has 0 bridgehead atoms. The maximum atomic E-state index is 13.6. The quantitative estimate of drug-likeness (QED) is 0.289. The van der Waals surface area contributed by atoms with Gasteiger partial charge in [-0.25, -0.2) is 22.6 Å². The van der Waals surface area contributed by atoms with Gasteiger partial charge >= 0.3 is 11.8 Å². The predicted octanol–water partition coefficient (Wildman–Crippen LogP) is 5.05. The summed E-state index contributed by atoms with van der Waals surface area (Å²) >= 11 is 0.254. The van der Waals surface area contributed by atoms with Crippen molar-refractivity contribution in [1.29, 1.82) is 0 Å². The number of nitrogens with zero attached hydrogens (tertiary/aromatic N) is 1. The number of benzene rings is 2. The lowest BCUT2D eigenvalue weighted by atomic mass is 9.96. The first-order valence-corrected chi connectivity index (χ1v) is 12.6. The van der Waals surface area contributed by atoms with Crippen molar-refractivity contribution in [3.8, 4) is 11.1 Å². The summed E-state index contributed by atoms with van der Waals surface area (Å²) in [5.41, 5.74) is -3.46. The molecule has 2 aromatic heterocycles. The largest absolute Gasteiger partial charge is 0.422 e. The van der Waals surface area contributed by atoms with Crippen LogP contribution in [-0.4, -0.2) is 24.7 Å². The summed E-state index contributed by atoms with van der Waals surface area (Å²) in [5, 5.41) is 10.8. The topological polar surface area (TPSA) is 97.5 Å². The fraction of sp³-hybridized carbons (Fsp3) is 0.217. The normalized spacial score (nSPS) is 16.4. The molecule has 4 aromatic rings. The Labute approximate surface area is 199 Å². The molecule has 12 heteroatoms. The van der Waals surface area contributed by atoms with Gasteiger partial charge in [-0.1, -0.05) is 12.1 Å². The van der Waals surface area contributed by atoms with Gasteiger partial charge in [-0.05, 0) is 48.7 Å². The Balaban J connectivity index is 1.53. The number of halogens is 4. The number of alkyl halides is 3. The summed E-state index contributed by atoms with van der Waals surface area (Å²) < 4.78 is 84.9. The number of thiazole rings is 1. The van der Waals surface area contributed by atoms with E-state index in [0.717, 1.165) is 12.3 Å². The molecule has 1 atom stereocenters. The van der Waals surface area contributed by atoms with E-state index in [-0.39, 0.29) is 40.2 Å². The van der Waals surface area contributed by atoms with E-state index in [1.54, 1.807) is 0 Å². The van der Waals surface area contributed by atoms with Gasteiger partial charge in [0.05, 0.1) is 15.3 Å². The van der Waals surface area contributed by atoms with Crippen LogP contribution in [0.4, 0.5) is 17.6 Å². The Bertz CT molecular complexity index is 1610. The van der Waals surface area contributed by atoms with E-state index in [9.17, 15) is 35.9 Å². The first-order chi connectivity index (χ1) is 16.4. The lowest BCUT2D eigenvalue weighted by Crippen LogP contribution is -2.43. The Morgan fingerprint density at radius 1 is 1.06 bits per heavy atom. The Kier molecular flexibility index (Phi) is 5.38. The van der Waals surface area contributed by atoms with Crippen LogP contribution in [0.1, 0.15) is 17.7 Å². The van der Waals surface area contributed by atoms with Gasteiger partial charge < -0.3 is 9.52 Å². The zero-order valence-corrected chi connectivity index (χ0v) is 19.2. The van der Waals surface area contributed by atoms with Crippen LogP contribution in [-0.2, 0) is 15.4 Å². The maximum Gasteiger partial charge on any atom is 0.422 e. The lowest BCUT2D eigenvalue weighted by molar-refractivity contribution is -0.274. The van der Waals surface area contributed by atoms with Crippen LogP contribution >= 0.6 is 11.3 Å². The van der Waals surface area contributed by atoms with Gasteiger partial charge in [-0.15, -0.1) is 11.3 Å². The zero-order valence-electron chi connectivity index (χ0n) is 17.5. The van der Waals surface area contributed by atoms with Gasteiger partial charge in [0.15, 0.2) is 5.60 Å². The minimum atomic E-state index is -4.99. The molecule has 1 unspecified atom stereocenters. The van der Waals surface area contributed by atoms with Crippen molar-refractivity contribution in [3.63, 3.8) is 0 Å². The number of hydrogen-bond donors (Lipinski definition) is 1. The van der Waals surface area contributed by atoms with E-state index in [4.69, 9.17) is 4.42 Å². The van der Waals surface area contributed by atoms with Crippen LogP contribution in [0.2, 0.25) is 0 Å². The SMILES string of the molecule is O=c1oc2cc(S(=O)(=O)c3ncc(C(O)(C4CC4)C(F)(F)F)s3)ccc2cc1-c1ccc(F)cc1. The number of aromatic nitrogens is 1. The molecule has 182 valence electrons. The summed E-state index contributed by atoms with van der Waals surface area (Å²) in [6.45, 7) is 0. The third kappa shape index (κ3) is 3.95. The van der Waals surface area contributed by atoms with Gasteiger partial charge in [-0.3, -0.25) is 0 Å². The molecule has 1 aliphatic rings. The molecular weight excluding hydrogens is 510 g/mol. The van der Waals surface area contributed by atoms with Crippen LogP contribution < -0.4 is 5.63 Å². The number of sulfone groups is 1. The minimum Gasteiger partial charge on any atom is -0.422 e. The molecule has 6 nitrogen and oxygen atoms in total. The molecule has 2 heterocycles. The summed E-state index contributed by atoms with van der Waals surface area (Å²) in [4.78, 5) is 15.2. The molecule has 1 fully saturated rings. The molecule has 1 saturated carbocycles. The van der Waals surface area contributed by atoms with E-state index >= 15 is 0 Å². The summed E-state index contributed by atoms with van der Waals surface area (Å²) in [6, 6.07) is 10.3. The van der Waals surface area contributed by atoms with Crippen LogP contribution in [0.3, 0.4) is 0 Å². The summed E-state index contributed by atoms with van der Waals surface area (Å²) in [7, 11) is -4.38. The molecule has 35 heavy (non-hydrogen) atoms. The smallest absolute Gasteiger partial charge is 0.422 e. The minimum absolute atomic E-state index is 0.0662. The summed E-state index contributed by atoms with van der Waals surface area (Å²) in [6.07, 6.45) is -3.92. The van der Waals surface area contributed by atoms with Crippen LogP contribution in [0.25, 0.3) is 22.1 Å².